The maximum atomic E-state index is 12.3. The first-order valence-corrected chi connectivity index (χ1v) is 7.93. The molecule has 0 atom stereocenters. The number of aromatic nitrogens is 2. The smallest absolute Gasteiger partial charge is 0.225 e. The van der Waals surface area contributed by atoms with Crippen molar-refractivity contribution >= 4 is 29.9 Å². The molecule has 1 amide bonds. The Hall–Kier alpha value is -1.56. The van der Waals surface area contributed by atoms with Crippen molar-refractivity contribution in [2.75, 3.05) is 6.54 Å². The summed E-state index contributed by atoms with van der Waals surface area (Å²) in [6, 6.07) is 7.46. The van der Waals surface area contributed by atoms with Crippen molar-refractivity contribution in [3.05, 3.63) is 46.2 Å². The van der Waals surface area contributed by atoms with Gasteiger partial charge in [0.1, 0.15) is 0 Å². The van der Waals surface area contributed by atoms with E-state index in [2.05, 4.69) is 10.4 Å². The average Bonchev–Trinajstić information content (AvgIpc) is 2.76. The van der Waals surface area contributed by atoms with Crippen molar-refractivity contribution in [1.82, 2.24) is 15.1 Å². The second-order valence-corrected chi connectivity index (χ2v) is 6.79. The van der Waals surface area contributed by atoms with Gasteiger partial charge in [-0.2, -0.15) is 5.10 Å². The summed E-state index contributed by atoms with van der Waals surface area (Å²) in [6.45, 7) is 8.08. The van der Waals surface area contributed by atoms with Crippen molar-refractivity contribution in [2.24, 2.45) is 5.73 Å². The third-order valence-electron chi connectivity index (χ3n) is 3.84. The zero-order chi connectivity index (χ0) is 17.2. The molecule has 0 saturated carbocycles. The molecule has 2 aromatic rings. The van der Waals surface area contributed by atoms with Crippen LogP contribution in [-0.2, 0) is 11.2 Å². The summed E-state index contributed by atoms with van der Waals surface area (Å²) < 4.78 is 1.84. The van der Waals surface area contributed by atoms with Gasteiger partial charge in [-0.05, 0) is 52.0 Å². The molecule has 0 spiro atoms. The van der Waals surface area contributed by atoms with Gasteiger partial charge in [-0.1, -0.05) is 11.6 Å². The normalized spacial score (nSPS) is 11.1. The molecular formula is C17H24Cl2N4O. The van der Waals surface area contributed by atoms with Crippen molar-refractivity contribution in [1.29, 1.82) is 0 Å². The fraction of sp³-hybridized carbons (Fsp3) is 0.412. The van der Waals surface area contributed by atoms with Crippen LogP contribution < -0.4 is 11.1 Å². The van der Waals surface area contributed by atoms with Crippen molar-refractivity contribution in [2.45, 2.75) is 39.7 Å². The number of halogens is 2. The van der Waals surface area contributed by atoms with Crippen LogP contribution in [0.25, 0.3) is 5.69 Å². The third kappa shape index (κ3) is 4.72. The summed E-state index contributed by atoms with van der Waals surface area (Å²) in [4.78, 5) is 12.3. The molecule has 1 aromatic carbocycles. The molecule has 0 aliphatic carbocycles. The van der Waals surface area contributed by atoms with Gasteiger partial charge in [0.05, 0.1) is 17.8 Å². The number of carbonyl (C=O) groups is 1. The van der Waals surface area contributed by atoms with Crippen LogP contribution in [-0.4, -0.2) is 27.8 Å². The molecule has 0 radical (unpaired) electrons. The Morgan fingerprint density at radius 1 is 1.29 bits per heavy atom. The van der Waals surface area contributed by atoms with Gasteiger partial charge in [-0.15, -0.1) is 12.4 Å². The highest BCUT2D eigenvalue weighted by Crippen LogP contribution is 2.20. The Bertz CT molecular complexity index is 708. The van der Waals surface area contributed by atoms with Crippen molar-refractivity contribution < 1.29 is 4.79 Å². The number of rotatable bonds is 5. The fourth-order valence-corrected chi connectivity index (χ4v) is 2.52. The lowest BCUT2D eigenvalue weighted by atomic mass is 10.0. The largest absolute Gasteiger partial charge is 0.350 e. The van der Waals surface area contributed by atoms with Gasteiger partial charge in [-0.25, -0.2) is 4.68 Å². The number of benzene rings is 1. The quantitative estimate of drug-likeness (QED) is 0.849. The van der Waals surface area contributed by atoms with E-state index in [-0.39, 0.29) is 24.7 Å². The molecule has 0 bridgehead atoms. The lowest BCUT2D eigenvalue weighted by Crippen LogP contribution is -2.49. The molecule has 0 aliphatic rings. The fourth-order valence-electron chi connectivity index (χ4n) is 2.40. The van der Waals surface area contributed by atoms with E-state index < -0.39 is 5.54 Å². The van der Waals surface area contributed by atoms with Crippen LogP contribution in [0, 0.1) is 13.8 Å². The molecule has 0 aliphatic heterocycles. The standard InChI is InChI=1S/C17H23ClN4O.ClH/c1-11-15(9-16(23)20-17(3,4)10-19)12(2)22(21-11)14-7-5-13(18)6-8-14;/h5-8H,9-10,19H2,1-4H3,(H,20,23);1H. The molecular weight excluding hydrogens is 347 g/mol. The zero-order valence-corrected chi connectivity index (χ0v) is 16.0. The number of nitrogens with one attached hydrogen (secondary N) is 1. The van der Waals surface area contributed by atoms with Gasteiger partial charge in [0.25, 0.3) is 0 Å². The molecule has 1 aromatic heterocycles. The number of nitrogens with zero attached hydrogens (tertiary/aromatic N) is 2. The minimum absolute atomic E-state index is 0. The number of hydrogen-bond acceptors (Lipinski definition) is 3. The third-order valence-corrected chi connectivity index (χ3v) is 4.09. The number of nitrogens with two attached hydrogens (primary N) is 1. The monoisotopic (exact) mass is 370 g/mol. The summed E-state index contributed by atoms with van der Waals surface area (Å²) in [5.74, 6) is -0.0534. The van der Waals surface area contributed by atoms with Gasteiger partial charge < -0.3 is 11.1 Å². The Morgan fingerprint density at radius 3 is 2.42 bits per heavy atom. The highest BCUT2D eigenvalue weighted by Gasteiger charge is 2.21. The van der Waals surface area contributed by atoms with Crippen LogP contribution in [0.1, 0.15) is 30.8 Å². The molecule has 3 N–H and O–H groups in total. The highest BCUT2D eigenvalue weighted by atomic mass is 35.5. The molecule has 0 unspecified atom stereocenters. The first-order valence-electron chi connectivity index (χ1n) is 7.55. The first-order chi connectivity index (χ1) is 10.7. The summed E-state index contributed by atoms with van der Waals surface area (Å²) >= 11 is 5.93. The van der Waals surface area contributed by atoms with E-state index in [1.807, 2.05) is 56.6 Å². The van der Waals surface area contributed by atoms with Gasteiger partial charge in [-0.3, -0.25) is 4.79 Å². The lowest BCUT2D eigenvalue weighted by molar-refractivity contribution is -0.121. The van der Waals surface area contributed by atoms with Crippen LogP contribution in [0.15, 0.2) is 24.3 Å². The average molecular weight is 371 g/mol. The minimum Gasteiger partial charge on any atom is -0.350 e. The van der Waals surface area contributed by atoms with E-state index in [9.17, 15) is 4.79 Å². The summed E-state index contributed by atoms with van der Waals surface area (Å²) in [5.41, 5.74) is 8.90. The summed E-state index contributed by atoms with van der Waals surface area (Å²) in [7, 11) is 0. The molecule has 0 fully saturated rings. The number of aryl methyl sites for hydroxylation is 1. The predicted octanol–water partition coefficient (Wildman–Crippen LogP) is 2.96. The SMILES string of the molecule is Cc1nn(-c2ccc(Cl)cc2)c(C)c1CC(=O)NC(C)(C)CN.Cl. The van der Waals surface area contributed by atoms with Gasteiger partial charge in [0.15, 0.2) is 0 Å². The Morgan fingerprint density at radius 2 is 1.88 bits per heavy atom. The lowest BCUT2D eigenvalue weighted by Gasteiger charge is -2.24. The highest BCUT2D eigenvalue weighted by molar-refractivity contribution is 6.30. The first kappa shape index (κ1) is 20.5. The molecule has 132 valence electrons. The maximum Gasteiger partial charge on any atom is 0.225 e. The van der Waals surface area contributed by atoms with E-state index in [1.54, 1.807) is 0 Å². The minimum atomic E-state index is -0.412. The van der Waals surface area contributed by atoms with Crippen LogP contribution in [0.2, 0.25) is 5.02 Å². The van der Waals surface area contributed by atoms with Crippen molar-refractivity contribution in [3.8, 4) is 5.69 Å². The maximum absolute atomic E-state index is 12.3. The second kappa shape index (κ2) is 8.01. The number of carbonyl (C=O) groups excluding carboxylic acids is 1. The molecule has 5 nitrogen and oxygen atoms in total. The number of amides is 1. The predicted molar refractivity (Wildman–Crippen MR) is 100 cm³/mol. The Kier molecular flexibility index (Phi) is 6.84. The summed E-state index contributed by atoms with van der Waals surface area (Å²) in [6.07, 6.45) is 0.286. The summed E-state index contributed by atoms with van der Waals surface area (Å²) in [5, 5.41) is 8.18. The van der Waals surface area contributed by atoms with Crippen LogP contribution >= 0.6 is 24.0 Å². The second-order valence-electron chi connectivity index (χ2n) is 6.35. The van der Waals surface area contributed by atoms with E-state index in [0.717, 1.165) is 22.6 Å². The molecule has 1 heterocycles. The van der Waals surface area contributed by atoms with Gasteiger partial charge in [0.2, 0.25) is 5.91 Å². The number of hydrogen-bond donors (Lipinski definition) is 2. The van der Waals surface area contributed by atoms with E-state index in [4.69, 9.17) is 17.3 Å². The topological polar surface area (TPSA) is 72.9 Å². The van der Waals surface area contributed by atoms with Crippen LogP contribution in [0.4, 0.5) is 0 Å². The van der Waals surface area contributed by atoms with Crippen molar-refractivity contribution in [3.63, 3.8) is 0 Å². The van der Waals surface area contributed by atoms with Gasteiger partial charge >= 0.3 is 0 Å². The van der Waals surface area contributed by atoms with E-state index in [1.165, 1.54) is 0 Å². The van der Waals surface area contributed by atoms with E-state index >= 15 is 0 Å². The Balaban J connectivity index is 0.00000288. The van der Waals surface area contributed by atoms with Crippen LogP contribution in [0.3, 0.4) is 0 Å². The molecule has 2 rings (SSSR count). The molecule has 7 heteroatoms. The zero-order valence-electron chi connectivity index (χ0n) is 14.4. The van der Waals surface area contributed by atoms with Gasteiger partial charge in [0, 0.05) is 28.4 Å². The van der Waals surface area contributed by atoms with Crippen LogP contribution in [0.5, 0.6) is 0 Å². The van der Waals surface area contributed by atoms with E-state index in [0.29, 0.717) is 11.6 Å². The Labute approximate surface area is 154 Å². The molecule has 0 saturated heterocycles. The molecule has 24 heavy (non-hydrogen) atoms.